The molecule has 1 aliphatic rings. The van der Waals surface area contributed by atoms with E-state index < -0.39 is 0 Å². The Morgan fingerprint density at radius 2 is 1.95 bits per heavy atom. The molecule has 0 amide bonds. The summed E-state index contributed by atoms with van der Waals surface area (Å²) in [6.45, 7) is 3.75. The van der Waals surface area contributed by atoms with E-state index in [9.17, 15) is 0 Å². The quantitative estimate of drug-likeness (QED) is 0.893. The highest BCUT2D eigenvalue weighted by Gasteiger charge is 2.31. The molecule has 2 nitrogen and oxygen atoms in total. The van der Waals surface area contributed by atoms with Gasteiger partial charge in [0.15, 0.2) is 0 Å². The average molecular weight is 320 g/mol. The molecule has 2 atom stereocenters. The Bertz CT molecular complexity index is 619. The zero-order valence-corrected chi connectivity index (χ0v) is 13.5. The number of thioether (sulfide) groups is 1. The van der Waals surface area contributed by atoms with Gasteiger partial charge in [-0.25, -0.2) is 0 Å². The van der Waals surface area contributed by atoms with Gasteiger partial charge in [-0.05, 0) is 24.7 Å². The van der Waals surface area contributed by atoms with Crippen molar-refractivity contribution < 1.29 is 4.74 Å². The van der Waals surface area contributed by atoms with Gasteiger partial charge >= 0.3 is 0 Å². The third-order valence-electron chi connectivity index (χ3n) is 3.57. The van der Waals surface area contributed by atoms with Crippen LogP contribution in [0.3, 0.4) is 0 Å². The fourth-order valence-corrected chi connectivity index (χ4v) is 4.05. The summed E-state index contributed by atoms with van der Waals surface area (Å²) < 4.78 is 5.92. The summed E-state index contributed by atoms with van der Waals surface area (Å²) in [6, 6.07) is 16.5. The van der Waals surface area contributed by atoms with Gasteiger partial charge in [0.1, 0.15) is 12.4 Å². The molecular formula is C17H18ClNOS. The second kappa shape index (κ2) is 6.73. The molecule has 0 spiro atoms. The van der Waals surface area contributed by atoms with Gasteiger partial charge in [-0.15, -0.1) is 11.8 Å². The molecule has 2 unspecified atom stereocenters. The Balaban J connectivity index is 1.87. The van der Waals surface area contributed by atoms with Crippen LogP contribution < -0.4 is 10.1 Å². The van der Waals surface area contributed by atoms with E-state index in [1.54, 1.807) is 11.8 Å². The molecule has 0 saturated heterocycles. The molecule has 0 saturated carbocycles. The molecule has 1 N–H and O–H groups in total. The first-order valence-corrected chi connectivity index (χ1v) is 8.41. The van der Waals surface area contributed by atoms with Crippen molar-refractivity contribution in [2.75, 3.05) is 13.2 Å². The number of para-hydroxylation sites is 1. The topological polar surface area (TPSA) is 21.3 Å². The molecule has 21 heavy (non-hydrogen) atoms. The Morgan fingerprint density at radius 3 is 2.76 bits per heavy atom. The van der Waals surface area contributed by atoms with Crippen LogP contribution in [0.4, 0.5) is 0 Å². The molecule has 1 heterocycles. The van der Waals surface area contributed by atoms with E-state index in [2.05, 4.69) is 30.4 Å². The maximum atomic E-state index is 6.29. The van der Waals surface area contributed by atoms with Crippen molar-refractivity contribution in [1.29, 1.82) is 0 Å². The molecule has 0 aliphatic carbocycles. The van der Waals surface area contributed by atoms with Crippen LogP contribution in [-0.4, -0.2) is 18.4 Å². The highest BCUT2D eigenvalue weighted by atomic mass is 35.5. The molecule has 0 radical (unpaired) electrons. The van der Waals surface area contributed by atoms with E-state index in [1.165, 1.54) is 5.56 Å². The van der Waals surface area contributed by atoms with E-state index >= 15 is 0 Å². The second-order valence-corrected chi connectivity index (χ2v) is 6.66. The van der Waals surface area contributed by atoms with E-state index in [0.29, 0.717) is 11.9 Å². The van der Waals surface area contributed by atoms with Crippen LogP contribution in [0.1, 0.15) is 18.5 Å². The number of hydrogen-bond donors (Lipinski definition) is 1. The van der Waals surface area contributed by atoms with Crippen molar-refractivity contribution in [3.05, 3.63) is 59.1 Å². The zero-order valence-electron chi connectivity index (χ0n) is 11.9. The summed E-state index contributed by atoms with van der Waals surface area (Å²) >= 11 is 8.07. The molecule has 0 fully saturated rings. The van der Waals surface area contributed by atoms with Crippen molar-refractivity contribution in [2.45, 2.75) is 23.1 Å². The summed E-state index contributed by atoms with van der Waals surface area (Å²) in [5.74, 6) is 0.986. The molecular weight excluding hydrogens is 302 g/mol. The van der Waals surface area contributed by atoms with Crippen molar-refractivity contribution >= 4 is 23.4 Å². The van der Waals surface area contributed by atoms with Crippen LogP contribution in [0.25, 0.3) is 0 Å². The summed E-state index contributed by atoms with van der Waals surface area (Å²) in [7, 11) is 0. The predicted octanol–water partition coefficient (Wildman–Crippen LogP) is 4.54. The number of rotatable bonds is 4. The Morgan fingerprint density at radius 1 is 1.19 bits per heavy atom. The lowest BCUT2D eigenvalue weighted by atomic mass is 10.0. The zero-order chi connectivity index (χ0) is 14.7. The maximum Gasteiger partial charge on any atom is 0.124 e. The van der Waals surface area contributed by atoms with Gasteiger partial charge in [0.25, 0.3) is 0 Å². The summed E-state index contributed by atoms with van der Waals surface area (Å²) in [5, 5.41) is 4.69. The van der Waals surface area contributed by atoms with Crippen LogP contribution in [0, 0.1) is 0 Å². The lowest BCUT2D eigenvalue weighted by molar-refractivity contribution is 0.261. The van der Waals surface area contributed by atoms with Crippen LogP contribution >= 0.6 is 23.4 Å². The monoisotopic (exact) mass is 319 g/mol. The largest absolute Gasteiger partial charge is 0.492 e. The minimum absolute atomic E-state index is 0.279. The van der Waals surface area contributed by atoms with Crippen LogP contribution in [0.5, 0.6) is 5.75 Å². The summed E-state index contributed by atoms with van der Waals surface area (Å²) in [4.78, 5) is 1.11. The summed E-state index contributed by atoms with van der Waals surface area (Å²) in [5.41, 5.74) is 1.23. The van der Waals surface area contributed by atoms with E-state index in [-0.39, 0.29) is 6.04 Å². The van der Waals surface area contributed by atoms with Gasteiger partial charge in [0.2, 0.25) is 0 Å². The number of halogens is 1. The molecule has 3 rings (SSSR count). The first-order valence-electron chi connectivity index (χ1n) is 7.16. The number of benzene rings is 2. The first-order chi connectivity index (χ1) is 10.3. The van der Waals surface area contributed by atoms with Gasteiger partial charge in [0.05, 0.1) is 16.3 Å². The Hall–Kier alpha value is -1.16. The smallest absolute Gasteiger partial charge is 0.124 e. The lowest BCUT2D eigenvalue weighted by Crippen LogP contribution is -2.37. The van der Waals surface area contributed by atoms with Crippen molar-refractivity contribution in [3.63, 3.8) is 0 Å². The highest BCUT2D eigenvalue weighted by Crippen LogP contribution is 2.41. The lowest BCUT2D eigenvalue weighted by Gasteiger charge is -2.33. The minimum Gasteiger partial charge on any atom is -0.492 e. The number of hydrogen-bond acceptors (Lipinski definition) is 3. The maximum absolute atomic E-state index is 6.29. The van der Waals surface area contributed by atoms with Gasteiger partial charge < -0.3 is 10.1 Å². The van der Waals surface area contributed by atoms with Crippen molar-refractivity contribution in [1.82, 2.24) is 5.32 Å². The molecule has 2 aromatic carbocycles. The van der Waals surface area contributed by atoms with E-state index in [1.807, 2.05) is 30.3 Å². The van der Waals surface area contributed by atoms with Crippen molar-refractivity contribution in [2.24, 2.45) is 0 Å². The van der Waals surface area contributed by atoms with Crippen molar-refractivity contribution in [3.8, 4) is 5.75 Å². The normalized spacial score (nSPS) is 20.7. The predicted molar refractivity (Wildman–Crippen MR) is 89.5 cm³/mol. The number of ether oxygens (including phenoxy) is 1. The molecule has 0 bridgehead atoms. The fourth-order valence-electron chi connectivity index (χ4n) is 2.60. The fraction of sp³-hybridized carbons (Fsp3) is 0.294. The third kappa shape index (κ3) is 3.20. The van der Waals surface area contributed by atoms with Gasteiger partial charge in [-0.1, -0.05) is 48.9 Å². The van der Waals surface area contributed by atoms with Crippen LogP contribution in [-0.2, 0) is 0 Å². The Kier molecular flexibility index (Phi) is 4.73. The highest BCUT2D eigenvalue weighted by molar-refractivity contribution is 8.00. The van der Waals surface area contributed by atoms with Gasteiger partial charge in [-0.3, -0.25) is 0 Å². The number of nitrogens with one attached hydrogen (secondary N) is 1. The second-order valence-electron chi connectivity index (χ2n) is 4.97. The van der Waals surface area contributed by atoms with E-state index in [4.69, 9.17) is 16.3 Å². The minimum atomic E-state index is 0.279. The standard InChI is InChI=1S/C17H18ClNOS/c1-2-19-17-12-7-3-5-9-14(12)20-11-16(17)21-15-10-6-4-8-13(15)18/h3-10,16-17,19H,2,11H2,1H3. The average Bonchev–Trinajstić information content (AvgIpc) is 2.52. The summed E-state index contributed by atoms with van der Waals surface area (Å²) in [6.07, 6.45) is 0. The first kappa shape index (κ1) is 14.8. The van der Waals surface area contributed by atoms with Crippen LogP contribution in [0.15, 0.2) is 53.4 Å². The molecule has 1 aliphatic heterocycles. The van der Waals surface area contributed by atoms with E-state index in [0.717, 1.165) is 22.2 Å². The van der Waals surface area contributed by atoms with Gasteiger partial charge in [-0.2, -0.15) is 0 Å². The third-order valence-corrected chi connectivity index (χ3v) is 5.33. The van der Waals surface area contributed by atoms with Crippen LogP contribution in [0.2, 0.25) is 5.02 Å². The molecule has 2 aromatic rings. The molecule has 0 aromatic heterocycles. The SMILES string of the molecule is CCNC1c2ccccc2OCC1Sc1ccccc1Cl. The molecule has 110 valence electrons. The molecule has 4 heteroatoms. The number of fused-ring (bicyclic) bond motifs is 1. The Labute approximate surface area is 134 Å². The van der Waals surface area contributed by atoms with Gasteiger partial charge in [0, 0.05) is 10.5 Å².